The molecule has 2 aliphatic rings. The van der Waals surface area contributed by atoms with E-state index in [-0.39, 0.29) is 0 Å². The van der Waals surface area contributed by atoms with E-state index in [1.807, 2.05) is 19.1 Å². The molecule has 0 radical (unpaired) electrons. The molecule has 3 rings (SSSR count). The number of benzene rings is 1. The van der Waals surface area contributed by atoms with Crippen LogP contribution in [0.5, 0.6) is 0 Å². The predicted octanol–water partition coefficient (Wildman–Crippen LogP) is 2.63. The molecule has 0 unspecified atom stereocenters. The van der Waals surface area contributed by atoms with Crippen molar-refractivity contribution in [3.63, 3.8) is 0 Å². The van der Waals surface area contributed by atoms with Gasteiger partial charge in [0.1, 0.15) is 0 Å². The number of likely N-dealkylation sites (tertiary alicyclic amines) is 1. The highest BCUT2D eigenvalue weighted by molar-refractivity contribution is 7.89. The quantitative estimate of drug-likeness (QED) is 0.859. The lowest BCUT2D eigenvalue weighted by atomic mass is 10.0. The van der Waals surface area contributed by atoms with E-state index in [0.29, 0.717) is 24.0 Å². The Kier molecular flexibility index (Phi) is 4.85. The van der Waals surface area contributed by atoms with Crippen molar-refractivity contribution in [2.45, 2.75) is 50.0 Å². The average Bonchev–Trinajstić information content (AvgIpc) is 2.56. The van der Waals surface area contributed by atoms with Gasteiger partial charge in [0.25, 0.3) is 0 Å². The van der Waals surface area contributed by atoms with Crippen LogP contribution in [-0.4, -0.2) is 49.8 Å². The molecule has 0 saturated carbocycles. The molecule has 0 aliphatic carbocycles. The Morgan fingerprint density at radius 2 is 1.59 bits per heavy atom. The lowest BCUT2D eigenvalue weighted by Crippen LogP contribution is -2.48. The van der Waals surface area contributed by atoms with Crippen LogP contribution in [0.1, 0.15) is 37.7 Å². The summed E-state index contributed by atoms with van der Waals surface area (Å²) in [6.07, 6.45) is 5.86. The minimum atomic E-state index is -3.33. The SMILES string of the molecule is Cc1ccccc1S(=O)(=O)N1CCC(N2CCCCC2)CC1. The zero-order valence-corrected chi connectivity index (χ0v) is 14.2. The fourth-order valence-corrected chi connectivity index (χ4v) is 5.41. The third-order valence-electron chi connectivity index (χ3n) is 5.04. The Balaban J connectivity index is 1.67. The molecule has 2 saturated heterocycles. The number of aryl methyl sites for hydroxylation is 1. The van der Waals surface area contributed by atoms with E-state index in [1.165, 1.54) is 32.4 Å². The molecular weight excluding hydrogens is 296 g/mol. The van der Waals surface area contributed by atoms with Crippen LogP contribution in [-0.2, 0) is 10.0 Å². The Hall–Kier alpha value is -0.910. The van der Waals surface area contributed by atoms with Crippen molar-refractivity contribution < 1.29 is 8.42 Å². The topological polar surface area (TPSA) is 40.6 Å². The van der Waals surface area contributed by atoms with Gasteiger partial charge in [0.05, 0.1) is 4.90 Å². The van der Waals surface area contributed by atoms with Gasteiger partial charge in [0, 0.05) is 19.1 Å². The van der Waals surface area contributed by atoms with Crippen molar-refractivity contribution in [3.05, 3.63) is 29.8 Å². The van der Waals surface area contributed by atoms with Gasteiger partial charge in [-0.15, -0.1) is 0 Å². The summed E-state index contributed by atoms with van der Waals surface area (Å²) in [6.45, 7) is 5.55. The molecule has 5 heteroatoms. The van der Waals surface area contributed by atoms with Gasteiger partial charge in [0.15, 0.2) is 0 Å². The summed E-state index contributed by atoms with van der Waals surface area (Å²) in [6, 6.07) is 7.86. The summed E-state index contributed by atoms with van der Waals surface area (Å²) in [5, 5.41) is 0. The van der Waals surface area contributed by atoms with E-state index < -0.39 is 10.0 Å². The van der Waals surface area contributed by atoms with E-state index in [2.05, 4.69) is 4.90 Å². The number of piperidine rings is 2. The Morgan fingerprint density at radius 3 is 2.23 bits per heavy atom. The molecule has 2 heterocycles. The van der Waals surface area contributed by atoms with Crippen molar-refractivity contribution in [1.29, 1.82) is 0 Å². The van der Waals surface area contributed by atoms with Crippen molar-refractivity contribution in [2.24, 2.45) is 0 Å². The van der Waals surface area contributed by atoms with Gasteiger partial charge in [-0.1, -0.05) is 24.6 Å². The summed E-state index contributed by atoms with van der Waals surface area (Å²) in [4.78, 5) is 3.03. The van der Waals surface area contributed by atoms with Gasteiger partial charge < -0.3 is 4.90 Å². The molecule has 0 N–H and O–H groups in total. The molecule has 122 valence electrons. The molecule has 1 aromatic rings. The Labute approximate surface area is 134 Å². The summed E-state index contributed by atoms with van der Waals surface area (Å²) in [5.41, 5.74) is 0.834. The smallest absolute Gasteiger partial charge is 0.243 e. The zero-order valence-electron chi connectivity index (χ0n) is 13.4. The second kappa shape index (κ2) is 6.69. The van der Waals surface area contributed by atoms with Crippen LogP contribution in [0.25, 0.3) is 0 Å². The van der Waals surface area contributed by atoms with Crippen molar-refractivity contribution >= 4 is 10.0 Å². The fraction of sp³-hybridized carbons (Fsp3) is 0.647. The van der Waals surface area contributed by atoms with Crippen molar-refractivity contribution in [3.8, 4) is 0 Å². The van der Waals surface area contributed by atoms with Crippen LogP contribution >= 0.6 is 0 Å². The average molecular weight is 322 g/mol. The monoisotopic (exact) mass is 322 g/mol. The first kappa shape index (κ1) is 16.0. The number of rotatable bonds is 3. The first-order valence-corrected chi connectivity index (χ1v) is 9.83. The minimum absolute atomic E-state index is 0.464. The number of sulfonamides is 1. The summed E-state index contributed by atoms with van der Waals surface area (Å²) in [7, 11) is -3.33. The normalized spacial score (nSPS) is 22.8. The van der Waals surface area contributed by atoms with E-state index >= 15 is 0 Å². The van der Waals surface area contributed by atoms with E-state index in [9.17, 15) is 8.42 Å². The summed E-state index contributed by atoms with van der Waals surface area (Å²) in [5.74, 6) is 0. The lowest BCUT2D eigenvalue weighted by Gasteiger charge is -2.39. The first-order valence-electron chi connectivity index (χ1n) is 8.39. The number of nitrogens with zero attached hydrogens (tertiary/aromatic N) is 2. The largest absolute Gasteiger partial charge is 0.300 e. The molecule has 1 aromatic carbocycles. The first-order chi connectivity index (χ1) is 10.6. The third kappa shape index (κ3) is 3.21. The van der Waals surface area contributed by atoms with Crippen LogP contribution in [0, 0.1) is 6.92 Å². The molecule has 2 fully saturated rings. The van der Waals surface area contributed by atoms with Gasteiger partial charge in [0.2, 0.25) is 10.0 Å². The molecule has 0 bridgehead atoms. The highest BCUT2D eigenvalue weighted by Crippen LogP contribution is 2.26. The predicted molar refractivity (Wildman–Crippen MR) is 88.4 cm³/mol. The van der Waals surface area contributed by atoms with Crippen LogP contribution in [0.3, 0.4) is 0 Å². The standard InChI is InChI=1S/C17H26N2O2S/c1-15-7-3-4-8-17(15)22(20,21)19-13-9-16(10-14-19)18-11-5-2-6-12-18/h3-4,7-8,16H,2,5-6,9-14H2,1H3. The highest BCUT2D eigenvalue weighted by atomic mass is 32.2. The maximum Gasteiger partial charge on any atom is 0.243 e. The number of hydrogen-bond acceptors (Lipinski definition) is 3. The highest BCUT2D eigenvalue weighted by Gasteiger charge is 2.32. The molecule has 0 spiro atoms. The molecule has 0 amide bonds. The van der Waals surface area contributed by atoms with E-state index in [4.69, 9.17) is 0 Å². The lowest BCUT2D eigenvalue weighted by molar-refractivity contribution is 0.118. The molecular formula is C17H26N2O2S. The van der Waals surface area contributed by atoms with Crippen LogP contribution < -0.4 is 0 Å². The molecule has 4 nitrogen and oxygen atoms in total. The van der Waals surface area contributed by atoms with Gasteiger partial charge >= 0.3 is 0 Å². The van der Waals surface area contributed by atoms with Crippen LogP contribution in [0.2, 0.25) is 0 Å². The van der Waals surface area contributed by atoms with Crippen molar-refractivity contribution in [1.82, 2.24) is 9.21 Å². The Bertz CT molecular complexity index is 601. The third-order valence-corrected chi connectivity index (χ3v) is 7.10. The maximum atomic E-state index is 12.8. The van der Waals surface area contributed by atoms with E-state index in [1.54, 1.807) is 16.4 Å². The van der Waals surface area contributed by atoms with E-state index in [0.717, 1.165) is 18.4 Å². The molecule has 2 aliphatic heterocycles. The summed E-state index contributed by atoms with van der Waals surface area (Å²) < 4.78 is 27.3. The van der Waals surface area contributed by atoms with Gasteiger partial charge in [-0.2, -0.15) is 4.31 Å². The fourth-order valence-electron chi connectivity index (χ4n) is 3.72. The van der Waals surface area contributed by atoms with Crippen molar-refractivity contribution in [2.75, 3.05) is 26.2 Å². The molecule has 0 atom stereocenters. The minimum Gasteiger partial charge on any atom is -0.300 e. The van der Waals surface area contributed by atoms with Gasteiger partial charge in [-0.3, -0.25) is 0 Å². The Morgan fingerprint density at radius 1 is 0.955 bits per heavy atom. The molecule has 0 aromatic heterocycles. The molecule has 22 heavy (non-hydrogen) atoms. The second-order valence-electron chi connectivity index (χ2n) is 6.50. The number of hydrogen-bond donors (Lipinski definition) is 0. The van der Waals surface area contributed by atoms with Gasteiger partial charge in [-0.25, -0.2) is 8.42 Å². The maximum absolute atomic E-state index is 12.8. The summed E-state index contributed by atoms with van der Waals surface area (Å²) >= 11 is 0. The second-order valence-corrected chi connectivity index (χ2v) is 8.40. The van der Waals surface area contributed by atoms with Crippen LogP contribution in [0.15, 0.2) is 29.2 Å². The zero-order chi connectivity index (χ0) is 15.6. The van der Waals surface area contributed by atoms with Gasteiger partial charge in [-0.05, 0) is 57.3 Å². The van der Waals surface area contributed by atoms with Crippen LogP contribution in [0.4, 0.5) is 0 Å².